The van der Waals surface area contributed by atoms with Gasteiger partial charge in [0, 0.05) is 43.8 Å². The van der Waals surface area contributed by atoms with Gasteiger partial charge in [-0.25, -0.2) is 0 Å². The molecule has 1 atom stereocenters. The van der Waals surface area contributed by atoms with Gasteiger partial charge >= 0.3 is 0 Å². The summed E-state index contributed by atoms with van der Waals surface area (Å²) in [5, 5.41) is 5.59. The number of rotatable bonds is 8. The van der Waals surface area contributed by atoms with Gasteiger partial charge in [-0.1, -0.05) is 12.1 Å². The molecular weight excluding hydrogens is 391 g/mol. The Balaban J connectivity index is 0.00000338. The Hall–Kier alpha value is -2.19. The topological polar surface area (TPSA) is 106 Å². The number of nitrogens with two attached hydrogens (primary N) is 1. The highest BCUT2D eigenvalue weighted by molar-refractivity contribution is 6.04. The molecule has 9 heteroatoms. The van der Waals surface area contributed by atoms with Crippen LogP contribution in [0.2, 0.25) is 0 Å². The Kier molecular flexibility index (Phi) is 12.0. The zero-order chi connectivity index (χ0) is 18.1. The predicted octanol–water partition coefficient (Wildman–Crippen LogP) is 2.16. The number of carbonyl (C=O) groups excluding carboxylic acids is 2. The minimum atomic E-state index is -0.278. The molecule has 0 aliphatic heterocycles. The molecule has 0 aliphatic rings. The van der Waals surface area contributed by atoms with Crippen LogP contribution in [0.25, 0.3) is 0 Å². The van der Waals surface area contributed by atoms with Gasteiger partial charge in [-0.15, -0.1) is 24.8 Å². The second kappa shape index (κ2) is 13.1. The fraction of sp³-hybridized carbons (Fsp3) is 0.278. The Bertz CT molecular complexity index is 696. The molecule has 0 radical (unpaired) electrons. The van der Waals surface area contributed by atoms with Crippen molar-refractivity contribution in [2.75, 3.05) is 19.0 Å². The lowest BCUT2D eigenvalue weighted by Crippen LogP contribution is -2.31. The van der Waals surface area contributed by atoms with Crippen LogP contribution in [0.4, 0.5) is 5.69 Å². The summed E-state index contributed by atoms with van der Waals surface area (Å²) in [5.41, 5.74) is 7.61. The van der Waals surface area contributed by atoms with Crippen LogP contribution in [0.15, 0.2) is 48.8 Å². The highest BCUT2D eigenvalue weighted by Crippen LogP contribution is 2.09. The number of anilines is 1. The van der Waals surface area contributed by atoms with Crippen LogP contribution < -0.4 is 16.4 Å². The maximum atomic E-state index is 12.2. The molecule has 1 aromatic carbocycles. The van der Waals surface area contributed by atoms with Gasteiger partial charge in [0.05, 0.1) is 12.5 Å². The van der Waals surface area contributed by atoms with Crippen LogP contribution in [0, 0.1) is 0 Å². The number of nitrogens with one attached hydrogen (secondary N) is 2. The third kappa shape index (κ3) is 8.36. The van der Waals surface area contributed by atoms with E-state index in [9.17, 15) is 9.59 Å². The van der Waals surface area contributed by atoms with Crippen molar-refractivity contribution < 1.29 is 14.3 Å². The lowest BCUT2D eigenvalue weighted by molar-refractivity contribution is -0.123. The molecule has 2 amide bonds. The summed E-state index contributed by atoms with van der Waals surface area (Å²) in [6, 6.07) is 10.5. The summed E-state index contributed by atoms with van der Waals surface area (Å²) in [6.45, 7) is 0.678. The van der Waals surface area contributed by atoms with E-state index in [1.54, 1.807) is 48.8 Å². The molecule has 2 aromatic rings. The molecule has 0 saturated heterocycles. The summed E-state index contributed by atoms with van der Waals surface area (Å²) < 4.78 is 5.08. The van der Waals surface area contributed by atoms with Crippen molar-refractivity contribution in [2.45, 2.75) is 19.1 Å². The number of carbonyl (C=O) groups is 2. The second-order valence-electron chi connectivity index (χ2n) is 5.46. The first-order valence-corrected chi connectivity index (χ1v) is 7.92. The maximum absolute atomic E-state index is 12.2. The summed E-state index contributed by atoms with van der Waals surface area (Å²) >= 11 is 0. The maximum Gasteiger partial charge on any atom is 0.255 e. The Morgan fingerprint density at radius 3 is 2.30 bits per heavy atom. The smallest absolute Gasteiger partial charge is 0.255 e. The van der Waals surface area contributed by atoms with E-state index in [0.717, 1.165) is 5.56 Å². The Morgan fingerprint density at radius 2 is 1.74 bits per heavy atom. The zero-order valence-electron chi connectivity index (χ0n) is 14.9. The molecule has 1 heterocycles. The second-order valence-corrected chi connectivity index (χ2v) is 5.46. The van der Waals surface area contributed by atoms with E-state index in [-0.39, 0.29) is 49.2 Å². The van der Waals surface area contributed by atoms with Crippen molar-refractivity contribution >= 4 is 42.3 Å². The lowest BCUT2D eigenvalue weighted by atomic mass is 10.1. The van der Waals surface area contributed by atoms with Gasteiger partial charge in [0.2, 0.25) is 5.91 Å². The van der Waals surface area contributed by atoms with E-state index >= 15 is 0 Å². The fourth-order valence-electron chi connectivity index (χ4n) is 2.15. The molecule has 4 N–H and O–H groups in total. The molecule has 1 unspecified atom stereocenters. The monoisotopic (exact) mass is 414 g/mol. The molecule has 0 bridgehead atoms. The Morgan fingerprint density at radius 1 is 1.11 bits per heavy atom. The number of hydrogen-bond donors (Lipinski definition) is 3. The quantitative estimate of drug-likeness (QED) is 0.613. The predicted molar refractivity (Wildman–Crippen MR) is 109 cm³/mol. The van der Waals surface area contributed by atoms with Gasteiger partial charge < -0.3 is 21.1 Å². The normalized spacial score (nSPS) is 10.7. The number of pyridine rings is 1. The third-order valence-electron chi connectivity index (χ3n) is 3.65. The van der Waals surface area contributed by atoms with Crippen LogP contribution in [-0.2, 0) is 16.1 Å². The molecule has 0 spiro atoms. The van der Waals surface area contributed by atoms with Crippen LogP contribution in [0.1, 0.15) is 22.3 Å². The van der Waals surface area contributed by atoms with Gasteiger partial charge in [-0.05, 0) is 29.8 Å². The van der Waals surface area contributed by atoms with E-state index in [0.29, 0.717) is 24.3 Å². The van der Waals surface area contributed by atoms with Crippen molar-refractivity contribution in [1.82, 2.24) is 10.3 Å². The number of benzene rings is 1. The number of hydrogen-bond acceptors (Lipinski definition) is 5. The molecule has 2 rings (SSSR count). The lowest BCUT2D eigenvalue weighted by Gasteiger charge is -2.12. The SMILES string of the molecule is COC(CN)CC(=O)NCc1ccc(C(=O)Nc2ccncc2)cc1.Cl.Cl. The largest absolute Gasteiger partial charge is 0.380 e. The molecular formula is C18H24Cl2N4O3. The van der Waals surface area contributed by atoms with Gasteiger partial charge in [0.15, 0.2) is 0 Å². The first-order chi connectivity index (χ1) is 12.1. The van der Waals surface area contributed by atoms with Crippen LogP contribution >= 0.6 is 24.8 Å². The van der Waals surface area contributed by atoms with Crippen LogP contribution in [0.5, 0.6) is 0 Å². The van der Waals surface area contributed by atoms with Crippen LogP contribution in [-0.4, -0.2) is 36.6 Å². The number of methoxy groups -OCH3 is 1. The van der Waals surface area contributed by atoms with E-state index in [4.69, 9.17) is 10.5 Å². The van der Waals surface area contributed by atoms with Crippen LogP contribution in [0.3, 0.4) is 0 Å². The molecule has 0 saturated carbocycles. The van der Waals surface area contributed by atoms with Gasteiger partial charge in [0.1, 0.15) is 0 Å². The summed E-state index contributed by atoms with van der Waals surface area (Å²) in [6.07, 6.45) is 3.17. The first kappa shape index (κ1) is 24.8. The average molecular weight is 415 g/mol. The summed E-state index contributed by atoms with van der Waals surface area (Å²) in [7, 11) is 1.53. The highest BCUT2D eigenvalue weighted by Gasteiger charge is 2.11. The van der Waals surface area contributed by atoms with Crippen molar-refractivity contribution in [1.29, 1.82) is 0 Å². The first-order valence-electron chi connectivity index (χ1n) is 7.92. The molecule has 0 aliphatic carbocycles. The average Bonchev–Trinajstić information content (AvgIpc) is 2.65. The molecule has 7 nitrogen and oxygen atoms in total. The Labute approximate surface area is 170 Å². The van der Waals surface area contributed by atoms with Gasteiger partial charge in [0.25, 0.3) is 5.91 Å². The number of amides is 2. The number of halogens is 2. The third-order valence-corrected chi connectivity index (χ3v) is 3.65. The molecule has 1 aromatic heterocycles. The summed E-state index contributed by atoms with van der Waals surface area (Å²) in [4.78, 5) is 27.9. The van der Waals surface area contributed by atoms with Gasteiger partial charge in [-0.2, -0.15) is 0 Å². The van der Waals surface area contributed by atoms with Gasteiger partial charge in [-0.3, -0.25) is 14.6 Å². The van der Waals surface area contributed by atoms with Crippen molar-refractivity contribution in [3.8, 4) is 0 Å². The van der Waals surface area contributed by atoms with Crippen molar-refractivity contribution in [2.24, 2.45) is 5.73 Å². The van der Waals surface area contributed by atoms with Crippen molar-refractivity contribution in [3.63, 3.8) is 0 Å². The summed E-state index contributed by atoms with van der Waals surface area (Å²) in [5.74, 6) is -0.329. The molecule has 27 heavy (non-hydrogen) atoms. The van der Waals surface area contributed by atoms with E-state index in [1.807, 2.05) is 0 Å². The molecule has 0 fully saturated rings. The van der Waals surface area contributed by atoms with E-state index < -0.39 is 0 Å². The van der Waals surface area contributed by atoms with E-state index in [1.165, 1.54) is 7.11 Å². The number of nitrogens with zero attached hydrogens (tertiary/aromatic N) is 1. The fourth-order valence-corrected chi connectivity index (χ4v) is 2.15. The van der Waals surface area contributed by atoms with E-state index in [2.05, 4.69) is 15.6 Å². The number of aromatic nitrogens is 1. The van der Waals surface area contributed by atoms with Crippen molar-refractivity contribution in [3.05, 3.63) is 59.9 Å². The zero-order valence-corrected chi connectivity index (χ0v) is 16.5. The number of ether oxygens (including phenoxy) is 1. The minimum Gasteiger partial charge on any atom is -0.380 e. The standard InChI is InChI=1S/C18H22N4O3.2ClH/c1-25-16(11-19)10-17(23)21-12-13-2-4-14(5-3-13)18(24)22-15-6-8-20-9-7-15;;/h2-9,16H,10-12,19H2,1H3,(H,21,23)(H,20,22,24);2*1H. The minimum absolute atomic E-state index is 0. The molecule has 148 valence electrons. The highest BCUT2D eigenvalue weighted by atomic mass is 35.5.